The van der Waals surface area contributed by atoms with Crippen LogP contribution in [0.1, 0.15) is 40.0 Å². The highest BCUT2D eigenvalue weighted by molar-refractivity contribution is 5.87. The van der Waals surface area contributed by atoms with Gasteiger partial charge in [-0.3, -0.25) is 9.59 Å². The van der Waals surface area contributed by atoms with E-state index in [1.165, 1.54) is 7.11 Å². The van der Waals surface area contributed by atoms with E-state index >= 15 is 0 Å². The van der Waals surface area contributed by atoms with Gasteiger partial charge in [-0.2, -0.15) is 0 Å². The Hall–Kier alpha value is -1.63. The van der Waals surface area contributed by atoms with Gasteiger partial charge in [-0.1, -0.05) is 0 Å². The van der Waals surface area contributed by atoms with E-state index in [2.05, 4.69) is 5.32 Å². The molecule has 1 atom stereocenters. The maximum Gasteiger partial charge on any atom is 0.326 e. The van der Waals surface area contributed by atoms with Gasteiger partial charge in [0.05, 0.1) is 6.42 Å². The number of carbonyl (C=O) groups excluding carboxylic acids is 2. The van der Waals surface area contributed by atoms with Crippen molar-refractivity contribution >= 4 is 17.8 Å². The summed E-state index contributed by atoms with van der Waals surface area (Å²) in [5, 5.41) is 11.3. The number of esters is 1. The predicted octanol–water partition coefficient (Wildman–Crippen LogP) is 0.714. The van der Waals surface area contributed by atoms with E-state index in [0.717, 1.165) is 0 Å². The number of carboxylic acids is 1. The maximum atomic E-state index is 11.6. The first-order chi connectivity index (χ1) is 9.15. The Bertz CT molecular complexity index is 347. The molecule has 2 N–H and O–H groups in total. The van der Waals surface area contributed by atoms with Crippen LogP contribution in [-0.4, -0.2) is 48.3 Å². The normalized spacial score (nSPS) is 12.6. The van der Waals surface area contributed by atoms with Gasteiger partial charge >= 0.3 is 11.9 Å². The van der Waals surface area contributed by atoms with Crippen LogP contribution in [0, 0.1) is 0 Å². The fourth-order valence-electron chi connectivity index (χ4n) is 1.39. The van der Waals surface area contributed by atoms with Crippen LogP contribution in [0.4, 0.5) is 0 Å². The van der Waals surface area contributed by atoms with E-state index < -0.39 is 35.9 Å². The molecule has 0 saturated heterocycles. The number of amides is 1. The molecule has 0 bridgehead atoms. The minimum absolute atomic E-state index is 0.145. The van der Waals surface area contributed by atoms with Gasteiger partial charge in [0, 0.05) is 20.1 Å². The predicted molar refractivity (Wildman–Crippen MR) is 71.1 cm³/mol. The highest BCUT2D eigenvalue weighted by Crippen LogP contribution is 2.09. The molecule has 20 heavy (non-hydrogen) atoms. The summed E-state index contributed by atoms with van der Waals surface area (Å²) < 4.78 is 9.82. The fourth-order valence-corrected chi connectivity index (χ4v) is 1.39. The van der Waals surface area contributed by atoms with E-state index in [1.807, 2.05) is 0 Å². The van der Waals surface area contributed by atoms with E-state index in [4.69, 9.17) is 14.6 Å². The third kappa shape index (κ3) is 9.32. The maximum absolute atomic E-state index is 11.6. The molecule has 7 nitrogen and oxygen atoms in total. The molecule has 0 fully saturated rings. The van der Waals surface area contributed by atoms with Crippen molar-refractivity contribution in [1.82, 2.24) is 5.32 Å². The average molecular weight is 289 g/mol. The monoisotopic (exact) mass is 289 g/mol. The molecule has 1 amide bonds. The van der Waals surface area contributed by atoms with Gasteiger partial charge in [-0.05, 0) is 27.2 Å². The second kappa shape index (κ2) is 8.52. The van der Waals surface area contributed by atoms with Gasteiger partial charge < -0.3 is 19.9 Å². The Balaban J connectivity index is 4.33. The summed E-state index contributed by atoms with van der Waals surface area (Å²) in [6.07, 6.45) is 0.232. The molecule has 0 radical (unpaired) electrons. The zero-order valence-electron chi connectivity index (χ0n) is 12.4. The minimum Gasteiger partial charge on any atom is -0.480 e. The van der Waals surface area contributed by atoms with Crippen molar-refractivity contribution in [3.63, 3.8) is 0 Å². The Kier molecular flexibility index (Phi) is 7.83. The second-order valence-corrected chi connectivity index (χ2v) is 5.35. The summed E-state index contributed by atoms with van der Waals surface area (Å²) >= 11 is 0. The Labute approximate surface area is 118 Å². The molecule has 0 aromatic carbocycles. The molecular formula is C13H23NO6. The van der Waals surface area contributed by atoms with Crippen molar-refractivity contribution in [3.05, 3.63) is 0 Å². The van der Waals surface area contributed by atoms with Crippen molar-refractivity contribution in [2.45, 2.75) is 51.7 Å². The van der Waals surface area contributed by atoms with Gasteiger partial charge in [0.1, 0.15) is 11.6 Å². The van der Waals surface area contributed by atoms with Crippen LogP contribution in [0.25, 0.3) is 0 Å². The van der Waals surface area contributed by atoms with E-state index in [9.17, 15) is 14.4 Å². The first-order valence-corrected chi connectivity index (χ1v) is 6.38. The van der Waals surface area contributed by atoms with Gasteiger partial charge in [0.2, 0.25) is 5.91 Å². The quantitative estimate of drug-likeness (QED) is 0.504. The van der Waals surface area contributed by atoms with Gasteiger partial charge in [-0.15, -0.1) is 0 Å². The molecule has 116 valence electrons. The number of carbonyl (C=O) groups is 3. The molecule has 0 aromatic heterocycles. The van der Waals surface area contributed by atoms with Crippen molar-refractivity contribution in [2.24, 2.45) is 0 Å². The van der Waals surface area contributed by atoms with E-state index in [1.54, 1.807) is 20.8 Å². The molecule has 0 rings (SSSR count). The molecule has 0 aromatic rings. The highest BCUT2D eigenvalue weighted by atomic mass is 16.6. The first-order valence-electron chi connectivity index (χ1n) is 6.38. The summed E-state index contributed by atoms with van der Waals surface area (Å²) in [4.78, 5) is 34.1. The molecule has 7 heteroatoms. The Morgan fingerprint density at radius 1 is 1.25 bits per heavy atom. The van der Waals surface area contributed by atoms with Crippen LogP contribution >= 0.6 is 0 Å². The summed E-state index contributed by atoms with van der Waals surface area (Å²) in [6, 6.07) is -1.28. The summed E-state index contributed by atoms with van der Waals surface area (Å²) in [7, 11) is 1.51. The second-order valence-electron chi connectivity index (χ2n) is 5.35. The minimum atomic E-state index is -1.28. The Morgan fingerprint density at radius 3 is 2.30 bits per heavy atom. The van der Waals surface area contributed by atoms with Crippen LogP contribution in [-0.2, 0) is 23.9 Å². The van der Waals surface area contributed by atoms with Crippen molar-refractivity contribution in [3.8, 4) is 0 Å². The molecule has 0 unspecified atom stereocenters. The molecule has 0 heterocycles. The topological polar surface area (TPSA) is 102 Å². The molecule has 0 aliphatic carbocycles. The lowest BCUT2D eigenvalue weighted by atomic mass is 10.1. The van der Waals surface area contributed by atoms with Crippen LogP contribution < -0.4 is 5.32 Å². The number of rotatable bonds is 8. The summed E-state index contributed by atoms with van der Waals surface area (Å²) in [5.74, 6) is -2.36. The SMILES string of the molecule is COCCCC(=O)N[C@@H](CC(=O)OC(C)(C)C)C(=O)O. The number of carboxylic acid groups (broad SMARTS) is 1. The Morgan fingerprint density at radius 2 is 1.85 bits per heavy atom. The molecule has 0 aliphatic heterocycles. The molecular weight excluding hydrogens is 266 g/mol. The zero-order chi connectivity index (χ0) is 15.8. The number of hydrogen-bond acceptors (Lipinski definition) is 5. The van der Waals surface area contributed by atoms with Gasteiger partial charge in [-0.25, -0.2) is 4.79 Å². The van der Waals surface area contributed by atoms with Crippen molar-refractivity contribution in [1.29, 1.82) is 0 Å². The smallest absolute Gasteiger partial charge is 0.326 e. The average Bonchev–Trinajstić information content (AvgIpc) is 2.25. The lowest BCUT2D eigenvalue weighted by Crippen LogP contribution is -2.43. The van der Waals surface area contributed by atoms with Crippen LogP contribution in [0.2, 0.25) is 0 Å². The van der Waals surface area contributed by atoms with E-state index in [-0.39, 0.29) is 6.42 Å². The summed E-state index contributed by atoms with van der Waals surface area (Å²) in [6.45, 7) is 5.47. The first kappa shape index (κ1) is 18.4. The largest absolute Gasteiger partial charge is 0.480 e. The molecule has 0 saturated carbocycles. The number of aliphatic carboxylic acids is 1. The molecule has 0 aliphatic rings. The zero-order valence-corrected chi connectivity index (χ0v) is 12.4. The number of nitrogens with one attached hydrogen (secondary N) is 1. The standard InChI is InChI=1S/C13H23NO6/c1-13(2,3)20-11(16)8-9(12(17)18)14-10(15)6-5-7-19-4/h9H,5-8H2,1-4H3,(H,14,15)(H,17,18)/t9-/m0/s1. The number of hydrogen-bond donors (Lipinski definition) is 2. The third-order valence-electron chi connectivity index (χ3n) is 2.18. The van der Waals surface area contributed by atoms with Crippen LogP contribution in [0.15, 0.2) is 0 Å². The third-order valence-corrected chi connectivity index (χ3v) is 2.18. The molecule has 0 spiro atoms. The summed E-state index contributed by atoms with van der Waals surface area (Å²) in [5.41, 5.74) is -0.692. The van der Waals surface area contributed by atoms with E-state index in [0.29, 0.717) is 13.0 Å². The highest BCUT2D eigenvalue weighted by Gasteiger charge is 2.26. The van der Waals surface area contributed by atoms with Crippen LogP contribution in [0.5, 0.6) is 0 Å². The number of ether oxygens (including phenoxy) is 2. The van der Waals surface area contributed by atoms with Crippen LogP contribution in [0.3, 0.4) is 0 Å². The fraction of sp³-hybridized carbons (Fsp3) is 0.769. The van der Waals surface area contributed by atoms with Gasteiger partial charge in [0.15, 0.2) is 0 Å². The van der Waals surface area contributed by atoms with Gasteiger partial charge in [0.25, 0.3) is 0 Å². The van der Waals surface area contributed by atoms with Crippen molar-refractivity contribution < 1.29 is 29.0 Å². The lowest BCUT2D eigenvalue weighted by molar-refractivity contribution is -0.158. The number of methoxy groups -OCH3 is 1. The van der Waals surface area contributed by atoms with Crippen molar-refractivity contribution in [2.75, 3.05) is 13.7 Å². The lowest BCUT2D eigenvalue weighted by Gasteiger charge is -2.21.